The third-order valence-corrected chi connectivity index (χ3v) is 7.22. The maximum absolute atomic E-state index is 12.9. The van der Waals surface area contributed by atoms with Crippen LogP contribution in [0.2, 0.25) is 15.1 Å². The number of nitrogens with one attached hydrogen (secondary N) is 1. The van der Waals surface area contributed by atoms with E-state index in [4.69, 9.17) is 44.3 Å². The van der Waals surface area contributed by atoms with Crippen molar-refractivity contribution in [3.8, 4) is 11.5 Å². The fourth-order valence-corrected chi connectivity index (χ4v) is 4.82. The number of carbonyl (C=O) groups excluding carboxylic acids is 3. The van der Waals surface area contributed by atoms with Gasteiger partial charge in [-0.25, -0.2) is 0 Å². The van der Waals surface area contributed by atoms with Crippen molar-refractivity contribution in [1.82, 2.24) is 4.90 Å². The van der Waals surface area contributed by atoms with Gasteiger partial charge in [0.2, 0.25) is 0 Å². The minimum Gasteiger partial charge on any atom is -0.490 e. The molecular formula is C27H21Cl3N2O5S. The molecule has 0 bridgehead atoms. The lowest BCUT2D eigenvalue weighted by Crippen LogP contribution is -2.32. The van der Waals surface area contributed by atoms with E-state index in [1.807, 2.05) is 6.92 Å². The number of nitrogens with zero attached hydrogens (tertiary/aromatic N) is 1. The maximum Gasteiger partial charge on any atom is 0.293 e. The van der Waals surface area contributed by atoms with Crippen LogP contribution in [0.1, 0.15) is 11.1 Å². The molecule has 0 atom stereocenters. The van der Waals surface area contributed by atoms with E-state index < -0.39 is 17.1 Å². The van der Waals surface area contributed by atoms with Gasteiger partial charge in [-0.2, -0.15) is 0 Å². The molecule has 3 aromatic carbocycles. The van der Waals surface area contributed by atoms with Crippen LogP contribution in [-0.2, 0) is 9.59 Å². The van der Waals surface area contributed by atoms with Crippen LogP contribution in [0.4, 0.5) is 10.5 Å². The Morgan fingerprint density at radius 1 is 0.974 bits per heavy atom. The molecule has 1 N–H and O–H groups in total. The minimum atomic E-state index is -0.470. The maximum atomic E-state index is 12.9. The average Bonchev–Trinajstić information content (AvgIpc) is 3.14. The number of rotatable bonds is 9. The second kappa shape index (κ2) is 12.6. The van der Waals surface area contributed by atoms with Gasteiger partial charge in [-0.1, -0.05) is 53.0 Å². The van der Waals surface area contributed by atoms with Gasteiger partial charge in [-0.05, 0) is 72.8 Å². The van der Waals surface area contributed by atoms with Gasteiger partial charge in [-0.3, -0.25) is 19.3 Å². The first-order valence-corrected chi connectivity index (χ1v) is 13.3. The van der Waals surface area contributed by atoms with E-state index in [1.165, 1.54) is 6.08 Å². The molecule has 11 heteroatoms. The summed E-state index contributed by atoms with van der Waals surface area (Å²) in [6.45, 7) is 1.70. The molecule has 1 aliphatic rings. The highest BCUT2D eigenvalue weighted by molar-refractivity contribution is 8.18. The topological polar surface area (TPSA) is 84.9 Å². The van der Waals surface area contributed by atoms with Crippen molar-refractivity contribution in [2.75, 3.05) is 25.1 Å². The zero-order chi connectivity index (χ0) is 27.2. The highest BCUT2D eigenvalue weighted by Crippen LogP contribution is 2.35. The molecule has 38 heavy (non-hydrogen) atoms. The van der Waals surface area contributed by atoms with E-state index in [-0.39, 0.29) is 24.7 Å². The van der Waals surface area contributed by atoms with Gasteiger partial charge in [0.25, 0.3) is 17.1 Å². The third kappa shape index (κ3) is 7.02. The summed E-state index contributed by atoms with van der Waals surface area (Å²) in [4.78, 5) is 39.1. The van der Waals surface area contributed by atoms with Gasteiger partial charge >= 0.3 is 0 Å². The van der Waals surface area contributed by atoms with Crippen molar-refractivity contribution < 1.29 is 23.9 Å². The number of carbonyl (C=O) groups is 3. The Kier molecular flexibility index (Phi) is 9.22. The second-order valence-corrected chi connectivity index (χ2v) is 10.3. The molecule has 1 saturated heterocycles. The molecule has 1 heterocycles. The molecule has 3 aromatic rings. The quantitative estimate of drug-likeness (QED) is 0.268. The number of para-hydroxylation sites is 1. The van der Waals surface area contributed by atoms with Crippen LogP contribution in [0.25, 0.3) is 6.08 Å². The van der Waals surface area contributed by atoms with Gasteiger partial charge in [0.1, 0.15) is 18.1 Å². The van der Waals surface area contributed by atoms with E-state index in [0.29, 0.717) is 37.8 Å². The number of benzene rings is 3. The first-order valence-electron chi connectivity index (χ1n) is 11.3. The second-order valence-electron chi connectivity index (χ2n) is 8.10. The Bertz CT molecular complexity index is 1430. The summed E-state index contributed by atoms with van der Waals surface area (Å²) < 4.78 is 11.3. The summed E-state index contributed by atoms with van der Waals surface area (Å²) in [6, 6.07) is 16.9. The van der Waals surface area contributed by atoms with Crippen molar-refractivity contribution >= 4 is 75.4 Å². The number of hydrogen-bond donors (Lipinski definition) is 1. The monoisotopic (exact) mass is 590 g/mol. The number of thioether (sulfide) groups is 1. The molecule has 196 valence electrons. The molecule has 0 radical (unpaired) electrons. The molecule has 4 rings (SSSR count). The summed E-state index contributed by atoms with van der Waals surface area (Å²) >= 11 is 19.1. The molecular weight excluding hydrogens is 571 g/mol. The molecule has 7 nitrogen and oxygen atoms in total. The Balaban J connectivity index is 1.40. The van der Waals surface area contributed by atoms with Gasteiger partial charge in [0, 0.05) is 21.3 Å². The van der Waals surface area contributed by atoms with E-state index in [0.717, 1.165) is 22.2 Å². The Morgan fingerprint density at radius 2 is 1.76 bits per heavy atom. The fraction of sp³-hybridized carbons (Fsp3) is 0.148. The highest BCUT2D eigenvalue weighted by atomic mass is 35.5. The van der Waals surface area contributed by atoms with Crippen molar-refractivity contribution in [3.05, 3.63) is 91.8 Å². The Labute approximate surface area is 238 Å². The van der Waals surface area contributed by atoms with E-state index in [2.05, 4.69) is 5.32 Å². The van der Waals surface area contributed by atoms with Crippen LogP contribution in [0, 0.1) is 6.92 Å². The van der Waals surface area contributed by atoms with E-state index >= 15 is 0 Å². The molecule has 0 aromatic heterocycles. The molecule has 1 aliphatic heterocycles. The summed E-state index contributed by atoms with van der Waals surface area (Å²) in [5.74, 6) is -0.0837. The summed E-state index contributed by atoms with van der Waals surface area (Å²) in [5.41, 5.74) is 1.88. The Hall–Kier alpha value is -3.17. The van der Waals surface area contributed by atoms with Gasteiger partial charge in [0.05, 0.1) is 16.5 Å². The lowest BCUT2D eigenvalue weighted by Gasteiger charge is -2.14. The molecule has 0 unspecified atom stereocenters. The van der Waals surface area contributed by atoms with Gasteiger partial charge in [0.15, 0.2) is 6.61 Å². The first-order chi connectivity index (χ1) is 18.2. The summed E-state index contributed by atoms with van der Waals surface area (Å²) in [6.07, 6.45) is 1.51. The van der Waals surface area contributed by atoms with Crippen LogP contribution in [0.5, 0.6) is 11.5 Å². The predicted octanol–water partition coefficient (Wildman–Crippen LogP) is 7.09. The van der Waals surface area contributed by atoms with E-state index in [9.17, 15) is 14.4 Å². The number of imide groups is 1. The standard InChI is InChI=1S/C27H21Cl3N2O5S/c1-16-6-8-19(14-21(16)30)31-25(33)15-37-22-9-7-18(28)12-17(22)13-24-26(34)32(27(35)38-24)10-11-36-23-5-3-2-4-20(23)29/h2-9,12-14H,10-11,15H2,1H3,(H,31,33)/b24-13-. The minimum absolute atomic E-state index is 0.0509. The highest BCUT2D eigenvalue weighted by Gasteiger charge is 2.35. The van der Waals surface area contributed by atoms with Crippen LogP contribution in [-0.4, -0.2) is 41.7 Å². The number of anilines is 1. The predicted molar refractivity (Wildman–Crippen MR) is 151 cm³/mol. The normalized spacial score (nSPS) is 14.2. The zero-order valence-corrected chi connectivity index (χ0v) is 23.1. The van der Waals surface area contributed by atoms with Crippen LogP contribution >= 0.6 is 46.6 Å². The van der Waals surface area contributed by atoms with Crippen LogP contribution in [0.15, 0.2) is 65.6 Å². The lowest BCUT2D eigenvalue weighted by atomic mass is 10.2. The summed E-state index contributed by atoms with van der Waals surface area (Å²) in [7, 11) is 0. The van der Waals surface area contributed by atoms with Crippen molar-refractivity contribution in [3.63, 3.8) is 0 Å². The largest absolute Gasteiger partial charge is 0.490 e. The molecule has 0 aliphatic carbocycles. The number of halogens is 3. The first kappa shape index (κ1) is 27.9. The van der Waals surface area contributed by atoms with Gasteiger partial charge < -0.3 is 14.8 Å². The summed E-state index contributed by atoms with van der Waals surface area (Å²) in [5, 5.41) is 3.66. The van der Waals surface area contributed by atoms with Crippen molar-refractivity contribution in [2.24, 2.45) is 0 Å². The number of ether oxygens (including phenoxy) is 2. The molecule has 0 saturated carbocycles. The fourth-order valence-electron chi connectivity index (χ4n) is 3.42. The lowest BCUT2D eigenvalue weighted by molar-refractivity contribution is -0.123. The van der Waals surface area contributed by atoms with Crippen molar-refractivity contribution in [2.45, 2.75) is 6.92 Å². The SMILES string of the molecule is Cc1ccc(NC(=O)COc2ccc(Cl)cc2/C=C2\SC(=O)N(CCOc3ccccc3Cl)C2=O)cc1Cl. The molecule has 1 fully saturated rings. The molecule has 3 amide bonds. The molecule has 0 spiro atoms. The van der Waals surface area contributed by atoms with E-state index in [1.54, 1.807) is 60.7 Å². The third-order valence-electron chi connectivity index (χ3n) is 5.36. The van der Waals surface area contributed by atoms with Crippen LogP contribution in [0.3, 0.4) is 0 Å². The number of hydrogen-bond acceptors (Lipinski definition) is 6. The average molecular weight is 592 g/mol. The number of amides is 3. The zero-order valence-electron chi connectivity index (χ0n) is 20.0. The number of aryl methyl sites for hydroxylation is 1. The smallest absolute Gasteiger partial charge is 0.293 e. The van der Waals surface area contributed by atoms with Crippen LogP contribution < -0.4 is 14.8 Å². The Morgan fingerprint density at radius 3 is 2.53 bits per heavy atom. The van der Waals surface area contributed by atoms with Gasteiger partial charge in [-0.15, -0.1) is 0 Å². The van der Waals surface area contributed by atoms with Crippen molar-refractivity contribution in [1.29, 1.82) is 0 Å².